The summed E-state index contributed by atoms with van der Waals surface area (Å²) in [6.45, 7) is 4.31. The lowest BCUT2D eigenvalue weighted by molar-refractivity contribution is -0.117. The summed E-state index contributed by atoms with van der Waals surface area (Å²) < 4.78 is 1.17. The van der Waals surface area contributed by atoms with E-state index in [1.165, 1.54) is 3.57 Å². The molecule has 0 spiro atoms. The second-order valence-corrected chi connectivity index (χ2v) is 5.33. The molecule has 0 atom stereocenters. The highest BCUT2D eigenvalue weighted by molar-refractivity contribution is 14.1. The van der Waals surface area contributed by atoms with Crippen LogP contribution in [0.15, 0.2) is 24.3 Å². The van der Waals surface area contributed by atoms with Crippen molar-refractivity contribution < 1.29 is 4.79 Å². The molecule has 1 heterocycles. The molecule has 0 aromatic heterocycles. The number of carbonyl (C=O) groups is 1. The van der Waals surface area contributed by atoms with Gasteiger partial charge in [-0.25, -0.2) is 0 Å². The Balaban J connectivity index is 0.00000162. The van der Waals surface area contributed by atoms with E-state index in [0.717, 1.165) is 31.9 Å². The fourth-order valence-corrected chi connectivity index (χ4v) is 2.17. The molecule has 1 aromatic rings. The molecule has 0 aliphatic carbocycles. The maximum Gasteiger partial charge on any atom is 0.238 e. The molecule has 19 heavy (non-hydrogen) atoms. The number of anilines is 1. The van der Waals surface area contributed by atoms with Crippen molar-refractivity contribution in [3.05, 3.63) is 27.8 Å². The van der Waals surface area contributed by atoms with Crippen molar-refractivity contribution in [1.29, 1.82) is 0 Å². The van der Waals surface area contributed by atoms with Gasteiger partial charge >= 0.3 is 0 Å². The van der Waals surface area contributed by atoms with Crippen LogP contribution in [0.3, 0.4) is 0 Å². The molecule has 7 heteroatoms. The molecule has 1 aliphatic heterocycles. The molecule has 0 saturated carbocycles. The number of rotatable bonds is 3. The van der Waals surface area contributed by atoms with Crippen molar-refractivity contribution in [2.24, 2.45) is 0 Å². The van der Waals surface area contributed by atoms with Gasteiger partial charge in [0.2, 0.25) is 5.91 Å². The van der Waals surface area contributed by atoms with E-state index in [2.05, 4.69) is 38.1 Å². The Kier molecular flexibility index (Phi) is 9.72. The highest BCUT2D eigenvalue weighted by atomic mass is 127. The first-order valence-corrected chi connectivity index (χ1v) is 6.80. The number of nitrogens with one attached hydrogen (secondary N) is 2. The molecule has 1 fully saturated rings. The average Bonchev–Trinajstić information content (AvgIpc) is 2.33. The predicted molar refractivity (Wildman–Crippen MR) is 91.6 cm³/mol. The van der Waals surface area contributed by atoms with Crippen LogP contribution in [-0.4, -0.2) is 43.5 Å². The highest BCUT2D eigenvalue weighted by Crippen LogP contribution is 2.11. The zero-order valence-corrected chi connectivity index (χ0v) is 14.2. The number of carbonyl (C=O) groups excluding carboxylic acids is 1. The Morgan fingerprint density at radius 3 is 2.37 bits per heavy atom. The van der Waals surface area contributed by atoms with E-state index >= 15 is 0 Å². The highest BCUT2D eigenvalue weighted by Gasteiger charge is 2.13. The minimum absolute atomic E-state index is 0. The fraction of sp³-hybridized carbons (Fsp3) is 0.417. The largest absolute Gasteiger partial charge is 0.325 e. The monoisotopic (exact) mass is 417 g/mol. The summed E-state index contributed by atoms with van der Waals surface area (Å²) in [6, 6.07) is 7.83. The Labute approximate surface area is 139 Å². The summed E-state index contributed by atoms with van der Waals surface area (Å²) in [4.78, 5) is 14.0. The molecule has 1 aromatic carbocycles. The number of hydrogen-bond acceptors (Lipinski definition) is 3. The van der Waals surface area contributed by atoms with Gasteiger partial charge < -0.3 is 10.6 Å². The normalized spacial score (nSPS) is 15.0. The lowest BCUT2D eigenvalue weighted by Crippen LogP contribution is -2.46. The van der Waals surface area contributed by atoms with Gasteiger partial charge in [0.25, 0.3) is 0 Å². The van der Waals surface area contributed by atoms with Gasteiger partial charge in [0.05, 0.1) is 6.54 Å². The third-order valence-corrected chi connectivity index (χ3v) is 3.42. The van der Waals surface area contributed by atoms with Crippen LogP contribution in [0.1, 0.15) is 0 Å². The quantitative estimate of drug-likeness (QED) is 0.739. The molecule has 108 valence electrons. The van der Waals surface area contributed by atoms with Crippen molar-refractivity contribution in [3.8, 4) is 0 Å². The van der Waals surface area contributed by atoms with Crippen LogP contribution in [0.2, 0.25) is 0 Å². The van der Waals surface area contributed by atoms with Gasteiger partial charge in [-0.15, -0.1) is 24.8 Å². The Morgan fingerprint density at radius 1 is 1.21 bits per heavy atom. The number of piperazine rings is 1. The molecule has 1 aliphatic rings. The van der Waals surface area contributed by atoms with Gasteiger partial charge in [-0.2, -0.15) is 0 Å². The molecular weight excluding hydrogens is 400 g/mol. The van der Waals surface area contributed by atoms with E-state index in [1.807, 2.05) is 24.3 Å². The summed E-state index contributed by atoms with van der Waals surface area (Å²) >= 11 is 2.25. The predicted octanol–water partition coefficient (Wildman–Crippen LogP) is 1.98. The first-order chi connectivity index (χ1) is 8.24. The molecule has 0 unspecified atom stereocenters. The maximum atomic E-state index is 11.8. The Bertz CT molecular complexity index is 383. The second-order valence-electron chi connectivity index (χ2n) is 4.08. The van der Waals surface area contributed by atoms with Crippen molar-refractivity contribution in [2.45, 2.75) is 0 Å². The van der Waals surface area contributed by atoms with Crippen LogP contribution in [0.5, 0.6) is 0 Å². The van der Waals surface area contributed by atoms with E-state index in [9.17, 15) is 4.79 Å². The summed E-state index contributed by atoms with van der Waals surface area (Å²) in [6.07, 6.45) is 0. The average molecular weight is 418 g/mol. The summed E-state index contributed by atoms with van der Waals surface area (Å²) in [5, 5.41) is 6.18. The van der Waals surface area contributed by atoms with Crippen molar-refractivity contribution in [1.82, 2.24) is 10.2 Å². The van der Waals surface area contributed by atoms with Crippen LogP contribution in [0.4, 0.5) is 5.69 Å². The van der Waals surface area contributed by atoms with E-state index < -0.39 is 0 Å². The number of benzene rings is 1. The van der Waals surface area contributed by atoms with Gasteiger partial charge in [0.15, 0.2) is 0 Å². The molecular formula is C12H18Cl2IN3O. The van der Waals surface area contributed by atoms with Gasteiger partial charge in [-0.3, -0.25) is 9.69 Å². The zero-order valence-electron chi connectivity index (χ0n) is 10.4. The van der Waals surface area contributed by atoms with Gasteiger partial charge in [0, 0.05) is 35.4 Å². The van der Waals surface area contributed by atoms with E-state index in [1.54, 1.807) is 0 Å². The minimum Gasteiger partial charge on any atom is -0.325 e. The van der Waals surface area contributed by atoms with Crippen LogP contribution in [-0.2, 0) is 4.79 Å². The van der Waals surface area contributed by atoms with Crippen molar-refractivity contribution in [2.75, 3.05) is 38.0 Å². The number of hydrogen-bond donors (Lipinski definition) is 2. The van der Waals surface area contributed by atoms with Crippen LogP contribution >= 0.6 is 47.4 Å². The van der Waals surface area contributed by atoms with E-state index in [0.29, 0.717) is 6.54 Å². The van der Waals surface area contributed by atoms with E-state index in [4.69, 9.17) is 0 Å². The summed E-state index contributed by atoms with van der Waals surface area (Å²) in [5.41, 5.74) is 0.866. The number of amides is 1. The van der Waals surface area contributed by atoms with Crippen molar-refractivity contribution in [3.63, 3.8) is 0 Å². The molecule has 1 amide bonds. The molecule has 0 radical (unpaired) electrons. The maximum absolute atomic E-state index is 11.8. The van der Waals surface area contributed by atoms with E-state index in [-0.39, 0.29) is 30.7 Å². The SMILES string of the molecule is Cl.Cl.O=C(CN1CCNCC1)Nc1ccc(I)cc1. The van der Waals surface area contributed by atoms with Gasteiger partial charge in [0.1, 0.15) is 0 Å². The third-order valence-electron chi connectivity index (χ3n) is 2.70. The first kappa shape index (κ1) is 18.9. The molecule has 0 bridgehead atoms. The fourth-order valence-electron chi connectivity index (χ4n) is 1.81. The lowest BCUT2D eigenvalue weighted by atomic mass is 10.3. The van der Waals surface area contributed by atoms with Crippen molar-refractivity contribution >= 4 is 59.0 Å². The molecule has 2 N–H and O–H groups in total. The van der Waals surface area contributed by atoms with Gasteiger partial charge in [-0.1, -0.05) is 0 Å². The molecule has 2 rings (SSSR count). The third kappa shape index (κ3) is 6.76. The Hall–Kier alpha value is -0.0800. The van der Waals surface area contributed by atoms with Gasteiger partial charge in [-0.05, 0) is 46.9 Å². The Morgan fingerprint density at radius 2 is 1.79 bits per heavy atom. The smallest absolute Gasteiger partial charge is 0.238 e. The van der Waals surface area contributed by atoms with Crippen LogP contribution in [0, 0.1) is 3.57 Å². The second kappa shape index (κ2) is 9.77. The summed E-state index contributed by atoms with van der Waals surface area (Å²) in [7, 11) is 0. The zero-order chi connectivity index (χ0) is 12.1. The molecule has 4 nitrogen and oxygen atoms in total. The number of nitrogens with zero attached hydrogens (tertiary/aromatic N) is 1. The standard InChI is InChI=1S/C12H16IN3O.2ClH/c13-10-1-3-11(4-2-10)15-12(17)9-16-7-5-14-6-8-16;;/h1-4,14H,5-9H2,(H,15,17);2*1H. The topological polar surface area (TPSA) is 44.4 Å². The van der Waals surface area contributed by atoms with Crippen LogP contribution < -0.4 is 10.6 Å². The summed E-state index contributed by atoms with van der Waals surface area (Å²) in [5.74, 6) is 0.0631. The minimum atomic E-state index is 0. The number of halogens is 3. The van der Waals surface area contributed by atoms with Crippen LogP contribution in [0.25, 0.3) is 0 Å². The first-order valence-electron chi connectivity index (χ1n) is 5.72. The molecule has 1 saturated heterocycles. The lowest BCUT2D eigenvalue weighted by Gasteiger charge is -2.26.